The van der Waals surface area contributed by atoms with Crippen LogP contribution in [0.3, 0.4) is 0 Å². The van der Waals surface area contributed by atoms with Crippen molar-refractivity contribution in [2.24, 2.45) is 0 Å². The largest absolute Gasteiger partial charge is 0.444 e. The van der Waals surface area contributed by atoms with Gasteiger partial charge in [-0.2, -0.15) is 9.57 Å². The van der Waals surface area contributed by atoms with E-state index in [1.165, 1.54) is 0 Å². The Kier molecular flexibility index (Phi) is 7.64. The fourth-order valence-corrected chi connectivity index (χ4v) is 7.13. The lowest BCUT2D eigenvalue weighted by molar-refractivity contribution is -0.113. The fraction of sp³-hybridized carbons (Fsp3) is 0.526. The van der Waals surface area contributed by atoms with Gasteiger partial charge >= 0.3 is 6.09 Å². The molecule has 3 unspecified atom stereocenters. The average Bonchev–Trinajstić information content (AvgIpc) is 3.07. The Balaban J connectivity index is 1.93. The van der Waals surface area contributed by atoms with Gasteiger partial charge in [-0.05, 0) is 68.0 Å². The Labute approximate surface area is 210 Å². The third kappa shape index (κ3) is 5.00. The van der Waals surface area contributed by atoms with E-state index < -0.39 is 28.9 Å². The van der Waals surface area contributed by atoms with Gasteiger partial charge in [-0.25, -0.2) is 9.00 Å². The first-order valence-electron chi connectivity index (χ1n) is 9.57. The summed E-state index contributed by atoms with van der Waals surface area (Å²) in [7, 11) is 0. The van der Waals surface area contributed by atoms with Crippen LogP contribution in [0.5, 0.6) is 0 Å². The number of hydrogen-bond donors (Lipinski definition) is 1. The SMILES string of the molecule is CC(C)(C)OC(=O)N1C2CCC1CC(=C(C#N)C(=O)N(c1c(Cl)sc(Cl)c1Br)S(=O)O)C2. The number of rotatable bonds is 3. The maximum Gasteiger partial charge on any atom is 0.410 e. The molecular formula is C19H20BrCl2N3O5S2. The second-order valence-corrected chi connectivity index (χ2v) is 12.3. The number of nitrogens with zero attached hydrogens (tertiary/aromatic N) is 3. The molecule has 1 N–H and O–H groups in total. The number of halogens is 3. The summed E-state index contributed by atoms with van der Waals surface area (Å²) in [6.07, 6.45) is 1.61. The summed E-state index contributed by atoms with van der Waals surface area (Å²) in [5.74, 6) is -0.953. The topological polar surface area (TPSA) is 111 Å². The van der Waals surface area contributed by atoms with Crippen molar-refractivity contribution in [2.45, 2.75) is 64.1 Å². The second-order valence-electron chi connectivity index (χ2n) is 8.41. The van der Waals surface area contributed by atoms with Crippen LogP contribution < -0.4 is 4.31 Å². The van der Waals surface area contributed by atoms with Crippen molar-refractivity contribution in [1.82, 2.24) is 4.90 Å². The smallest absolute Gasteiger partial charge is 0.410 e. The normalized spacial score (nSPS) is 21.2. The highest BCUT2D eigenvalue weighted by atomic mass is 79.9. The average molecular weight is 585 g/mol. The summed E-state index contributed by atoms with van der Waals surface area (Å²) in [5.41, 5.74) is -0.414. The Morgan fingerprint density at radius 1 is 1.28 bits per heavy atom. The maximum atomic E-state index is 13.2. The molecule has 32 heavy (non-hydrogen) atoms. The van der Waals surface area contributed by atoms with Crippen molar-refractivity contribution in [3.8, 4) is 6.07 Å². The molecule has 2 aliphatic rings. The van der Waals surface area contributed by atoms with E-state index in [4.69, 9.17) is 27.9 Å². The van der Waals surface area contributed by atoms with Gasteiger partial charge in [-0.3, -0.25) is 9.35 Å². The quantitative estimate of drug-likeness (QED) is 0.278. The summed E-state index contributed by atoms with van der Waals surface area (Å²) in [6, 6.07) is 1.47. The summed E-state index contributed by atoms with van der Waals surface area (Å²) in [6.45, 7) is 5.37. The minimum atomic E-state index is -2.80. The molecular weight excluding hydrogens is 565 g/mol. The van der Waals surface area contributed by atoms with Crippen molar-refractivity contribution < 1.29 is 23.1 Å². The zero-order valence-corrected chi connectivity index (χ0v) is 22.1. The Hall–Kier alpha value is -1.16. The second kappa shape index (κ2) is 9.60. The molecule has 3 heterocycles. The Morgan fingerprint density at radius 3 is 2.25 bits per heavy atom. The van der Waals surface area contributed by atoms with E-state index in [0.29, 0.717) is 35.6 Å². The lowest BCUT2D eigenvalue weighted by Crippen LogP contribution is -2.47. The Morgan fingerprint density at radius 2 is 1.84 bits per heavy atom. The lowest BCUT2D eigenvalue weighted by atomic mass is 9.92. The molecule has 2 amide bonds. The third-order valence-electron chi connectivity index (χ3n) is 5.16. The van der Waals surface area contributed by atoms with Gasteiger partial charge in [0.15, 0.2) is 0 Å². The van der Waals surface area contributed by atoms with Gasteiger partial charge in [0, 0.05) is 12.1 Å². The van der Waals surface area contributed by atoms with Crippen molar-refractivity contribution in [3.63, 3.8) is 0 Å². The van der Waals surface area contributed by atoms with E-state index in [1.807, 2.05) is 6.07 Å². The van der Waals surface area contributed by atoms with E-state index in [0.717, 1.165) is 11.3 Å². The standard InChI is InChI=1S/C19H20BrCl2N3O5S2/c1-19(2,3)30-18(27)24-10-4-5-11(24)7-9(6-10)12(8-23)17(26)25(32(28)29)14-13(20)15(21)31-16(14)22/h10-11H,4-7H2,1-3H3,(H,28,29). The van der Waals surface area contributed by atoms with Crippen LogP contribution in [0.15, 0.2) is 15.6 Å². The van der Waals surface area contributed by atoms with Crippen molar-refractivity contribution >= 4 is 79.4 Å². The number of piperidine rings is 1. The number of thiophene rings is 1. The summed E-state index contributed by atoms with van der Waals surface area (Å²) in [4.78, 5) is 27.6. The molecule has 2 fully saturated rings. The number of nitriles is 1. The van der Waals surface area contributed by atoms with Gasteiger partial charge in [0.2, 0.25) is 0 Å². The summed E-state index contributed by atoms with van der Waals surface area (Å²) < 4.78 is 28.4. The molecule has 2 aliphatic heterocycles. The predicted octanol–water partition coefficient (Wildman–Crippen LogP) is 5.67. The van der Waals surface area contributed by atoms with Gasteiger partial charge in [0.05, 0.1) is 4.47 Å². The molecule has 0 aromatic carbocycles. The van der Waals surface area contributed by atoms with Crippen LogP contribution in [0.4, 0.5) is 10.5 Å². The summed E-state index contributed by atoms with van der Waals surface area (Å²) >= 11 is 13.5. The van der Waals surface area contributed by atoms with Crippen LogP contribution in [-0.4, -0.2) is 43.3 Å². The monoisotopic (exact) mass is 583 g/mol. The fourth-order valence-electron chi connectivity index (χ4n) is 3.98. The van der Waals surface area contributed by atoms with Crippen molar-refractivity contribution in [3.05, 3.63) is 24.3 Å². The molecule has 0 saturated carbocycles. The van der Waals surface area contributed by atoms with Crippen LogP contribution in [-0.2, 0) is 20.8 Å². The first kappa shape index (κ1) is 25.5. The van der Waals surface area contributed by atoms with Gasteiger partial charge < -0.3 is 9.64 Å². The molecule has 0 aliphatic carbocycles. The molecule has 3 atom stereocenters. The maximum absolute atomic E-state index is 13.2. The molecule has 13 heteroatoms. The van der Waals surface area contributed by atoms with Crippen LogP contribution in [0.25, 0.3) is 0 Å². The lowest BCUT2D eigenvalue weighted by Gasteiger charge is -2.37. The zero-order valence-electron chi connectivity index (χ0n) is 17.4. The minimum absolute atomic E-state index is 0.0275. The zero-order chi connectivity index (χ0) is 24.0. The molecule has 8 nitrogen and oxygen atoms in total. The number of fused-ring (bicyclic) bond motifs is 2. The van der Waals surface area contributed by atoms with E-state index in [-0.39, 0.29) is 36.5 Å². The van der Waals surface area contributed by atoms with Crippen LogP contribution in [0, 0.1) is 11.3 Å². The third-order valence-corrected chi connectivity index (χ3v) is 8.67. The number of carbonyl (C=O) groups excluding carboxylic acids is 2. The van der Waals surface area contributed by atoms with Crippen molar-refractivity contribution in [2.75, 3.05) is 4.31 Å². The summed E-state index contributed by atoms with van der Waals surface area (Å²) in [5, 5.41) is 9.78. The minimum Gasteiger partial charge on any atom is -0.444 e. The molecule has 3 rings (SSSR count). The molecule has 1 aromatic rings. The van der Waals surface area contributed by atoms with Crippen LogP contribution in [0.2, 0.25) is 8.67 Å². The highest BCUT2D eigenvalue weighted by Crippen LogP contribution is 2.47. The van der Waals surface area contributed by atoms with Crippen LogP contribution >= 0.6 is 50.5 Å². The van der Waals surface area contributed by atoms with E-state index in [9.17, 15) is 23.6 Å². The van der Waals surface area contributed by atoms with E-state index in [1.54, 1.807) is 25.7 Å². The first-order chi connectivity index (χ1) is 14.9. The van der Waals surface area contributed by atoms with Crippen molar-refractivity contribution in [1.29, 1.82) is 5.26 Å². The van der Waals surface area contributed by atoms with E-state index in [2.05, 4.69) is 15.9 Å². The number of amides is 2. The van der Waals surface area contributed by atoms with Gasteiger partial charge in [0.1, 0.15) is 31.6 Å². The Bertz CT molecular complexity index is 1050. The van der Waals surface area contributed by atoms with E-state index >= 15 is 0 Å². The predicted molar refractivity (Wildman–Crippen MR) is 127 cm³/mol. The highest BCUT2D eigenvalue weighted by Gasteiger charge is 2.45. The number of ether oxygens (including phenoxy) is 1. The van der Waals surface area contributed by atoms with Gasteiger partial charge in [-0.1, -0.05) is 23.2 Å². The number of hydrogen-bond acceptors (Lipinski definition) is 6. The molecule has 2 bridgehead atoms. The number of carbonyl (C=O) groups is 2. The molecule has 0 radical (unpaired) electrons. The van der Waals surface area contributed by atoms with Crippen LogP contribution in [0.1, 0.15) is 46.5 Å². The number of anilines is 1. The molecule has 1 aromatic heterocycles. The molecule has 0 spiro atoms. The molecule has 2 saturated heterocycles. The first-order valence-corrected chi connectivity index (χ1v) is 13.0. The van der Waals surface area contributed by atoms with Gasteiger partial charge in [-0.15, -0.1) is 11.3 Å². The van der Waals surface area contributed by atoms with Gasteiger partial charge in [0.25, 0.3) is 17.2 Å². The highest BCUT2D eigenvalue weighted by molar-refractivity contribution is 9.10. The molecule has 174 valence electrons.